The predicted octanol–water partition coefficient (Wildman–Crippen LogP) is 10.6. The van der Waals surface area contributed by atoms with Crippen LogP contribution < -0.4 is 4.90 Å². The molecule has 8 rings (SSSR count). The molecule has 0 saturated carbocycles. The molecular weight excluding hydrogens is 470 g/mol. The average molecular weight is 492 g/mol. The number of benzene rings is 6. The number of anilines is 3. The van der Waals surface area contributed by atoms with Crippen molar-refractivity contribution in [2.75, 3.05) is 4.90 Å². The second-order valence-electron chi connectivity index (χ2n) is 9.31. The molecule has 0 spiro atoms. The second-order valence-corrected chi connectivity index (χ2v) is 10.4. The molecule has 0 saturated heterocycles. The lowest BCUT2D eigenvalue weighted by Gasteiger charge is -2.25. The summed E-state index contributed by atoms with van der Waals surface area (Å²) in [6, 6.07) is 44.9. The Morgan fingerprint density at radius 3 is 1.78 bits per heavy atom. The van der Waals surface area contributed by atoms with Crippen molar-refractivity contribution in [1.82, 2.24) is 0 Å². The van der Waals surface area contributed by atoms with E-state index in [2.05, 4.69) is 132 Å². The van der Waals surface area contributed by atoms with Gasteiger partial charge in [0.25, 0.3) is 0 Å². The van der Waals surface area contributed by atoms with Crippen molar-refractivity contribution in [1.29, 1.82) is 0 Å². The van der Waals surface area contributed by atoms with Crippen LogP contribution in [-0.2, 0) is 0 Å². The molecule has 8 aromatic rings. The lowest BCUT2D eigenvalue weighted by atomic mass is 10.00. The zero-order valence-corrected chi connectivity index (χ0v) is 20.7. The smallest absolute Gasteiger partial charge is 0.159 e. The molecule has 0 amide bonds. The van der Waals surface area contributed by atoms with Crippen LogP contribution in [0.2, 0.25) is 0 Å². The fourth-order valence-electron chi connectivity index (χ4n) is 5.66. The van der Waals surface area contributed by atoms with Gasteiger partial charge in [-0.2, -0.15) is 0 Å². The Morgan fingerprint density at radius 1 is 0.459 bits per heavy atom. The quantitative estimate of drug-likeness (QED) is 0.244. The van der Waals surface area contributed by atoms with E-state index in [0.29, 0.717) is 0 Å². The fourth-order valence-corrected chi connectivity index (χ4v) is 6.94. The molecule has 2 aromatic heterocycles. The minimum absolute atomic E-state index is 0.903. The summed E-state index contributed by atoms with van der Waals surface area (Å²) < 4.78 is 9.48. The van der Waals surface area contributed by atoms with Gasteiger partial charge in [0.2, 0.25) is 0 Å². The van der Waals surface area contributed by atoms with E-state index in [0.717, 1.165) is 39.0 Å². The zero-order chi connectivity index (χ0) is 24.3. The maximum absolute atomic E-state index is 6.89. The number of thiophene rings is 1. The van der Waals surface area contributed by atoms with Crippen molar-refractivity contribution in [3.8, 4) is 0 Å². The molecule has 2 nitrogen and oxygen atoms in total. The summed E-state index contributed by atoms with van der Waals surface area (Å²) >= 11 is 1.86. The van der Waals surface area contributed by atoms with Crippen molar-refractivity contribution >= 4 is 81.3 Å². The molecule has 2 heterocycles. The average Bonchev–Trinajstić information content (AvgIpc) is 3.54. The van der Waals surface area contributed by atoms with Gasteiger partial charge in [-0.1, -0.05) is 91.0 Å². The molecule has 0 aliphatic rings. The van der Waals surface area contributed by atoms with Crippen LogP contribution >= 0.6 is 11.3 Å². The molecule has 0 fully saturated rings. The second kappa shape index (κ2) is 7.95. The highest BCUT2D eigenvalue weighted by Crippen LogP contribution is 2.49. The molecule has 0 radical (unpaired) electrons. The van der Waals surface area contributed by atoms with Gasteiger partial charge in [0.15, 0.2) is 5.58 Å². The van der Waals surface area contributed by atoms with Crippen LogP contribution in [0.3, 0.4) is 0 Å². The molecule has 0 aliphatic carbocycles. The minimum atomic E-state index is 0.903. The third-order valence-corrected chi connectivity index (χ3v) is 8.42. The molecular formula is C34H21NOS. The van der Waals surface area contributed by atoms with Crippen molar-refractivity contribution < 1.29 is 4.42 Å². The van der Waals surface area contributed by atoms with Gasteiger partial charge in [0.05, 0.1) is 5.69 Å². The van der Waals surface area contributed by atoms with Crippen molar-refractivity contribution in [3.63, 3.8) is 0 Å². The van der Waals surface area contributed by atoms with Crippen molar-refractivity contribution in [3.05, 3.63) is 127 Å². The van der Waals surface area contributed by atoms with E-state index in [-0.39, 0.29) is 0 Å². The van der Waals surface area contributed by atoms with Crippen LogP contribution in [-0.4, -0.2) is 0 Å². The first kappa shape index (κ1) is 20.6. The van der Waals surface area contributed by atoms with Gasteiger partial charge in [-0.3, -0.25) is 0 Å². The third kappa shape index (κ3) is 2.98. The van der Waals surface area contributed by atoms with Crippen molar-refractivity contribution in [2.24, 2.45) is 0 Å². The first-order valence-corrected chi connectivity index (χ1v) is 13.3. The van der Waals surface area contributed by atoms with Crippen LogP contribution in [0, 0.1) is 0 Å². The number of rotatable bonds is 3. The summed E-state index contributed by atoms with van der Waals surface area (Å²) in [6.07, 6.45) is 0. The van der Waals surface area contributed by atoms with E-state index in [9.17, 15) is 0 Å². The van der Waals surface area contributed by atoms with Gasteiger partial charge in [-0.05, 0) is 41.8 Å². The largest absolute Gasteiger partial charge is 0.453 e. The van der Waals surface area contributed by atoms with Crippen LogP contribution in [0.1, 0.15) is 0 Å². The van der Waals surface area contributed by atoms with Gasteiger partial charge in [0.1, 0.15) is 5.58 Å². The van der Waals surface area contributed by atoms with Crippen LogP contribution in [0.5, 0.6) is 0 Å². The maximum atomic E-state index is 6.89. The standard InChI is InChI=1S/C34H21NOS/c1-3-12-22(13-4-1)35(23-14-5-2-6-15-23)28-20-11-19-27-31-33(36-32(27)28)25-17-8-7-16-24(25)30-26-18-9-10-21-29(26)37-34(30)31/h1-21H. The van der Waals surface area contributed by atoms with E-state index in [4.69, 9.17) is 4.42 Å². The van der Waals surface area contributed by atoms with Crippen LogP contribution in [0.25, 0.3) is 52.9 Å². The number of furan rings is 1. The summed E-state index contributed by atoms with van der Waals surface area (Å²) in [5.74, 6) is 0. The first-order valence-electron chi connectivity index (χ1n) is 12.5. The van der Waals surface area contributed by atoms with E-state index < -0.39 is 0 Å². The topological polar surface area (TPSA) is 16.4 Å². The summed E-state index contributed by atoms with van der Waals surface area (Å²) in [5, 5.41) is 7.37. The number of hydrogen-bond donors (Lipinski definition) is 0. The number of nitrogens with zero attached hydrogens (tertiary/aromatic N) is 1. The number of para-hydroxylation sites is 3. The normalized spacial score (nSPS) is 11.8. The van der Waals surface area contributed by atoms with Crippen LogP contribution in [0.4, 0.5) is 17.1 Å². The monoisotopic (exact) mass is 491 g/mol. The Balaban J connectivity index is 1.55. The summed E-state index contributed by atoms with van der Waals surface area (Å²) in [4.78, 5) is 2.29. The lowest BCUT2D eigenvalue weighted by Crippen LogP contribution is -2.09. The number of hydrogen-bond acceptors (Lipinski definition) is 3. The van der Waals surface area contributed by atoms with Crippen molar-refractivity contribution in [2.45, 2.75) is 0 Å². The highest BCUT2D eigenvalue weighted by Gasteiger charge is 2.23. The van der Waals surface area contributed by atoms with E-state index in [1.807, 2.05) is 11.3 Å². The molecule has 3 heteroatoms. The SMILES string of the molecule is c1ccc(N(c2ccccc2)c2cccc3c2oc2c4ccccc4c4c5ccccc5sc4c32)cc1. The van der Waals surface area contributed by atoms with E-state index in [1.165, 1.54) is 30.9 Å². The Kier molecular flexibility index (Phi) is 4.42. The zero-order valence-electron chi connectivity index (χ0n) is 19.9. The van der Waals surface area contributed by atoms with Gasteiger partial charge in [-0.15, -0.1) is 11.3 Å². The lowest BCUT2D eigenvalue weighted by molar-refractivity contribution is 0.673. The van der Waals surface area contributed by atoms with Crippen LogP contribution in [0.15, 0.2) is 132 Å². The Bertz CT molecular complexity index is 2050. The first-order chi connectivity index (χ1) is 18.4. The summed E-state index contributed by atoms with van der Waals surface area (Å²) in [7, 11) is 0. The third-order valence-electron chi connectivity index (χ3n) is 7.23. The molecule has 174 valence electrons. The van der Waals surface area contributed by atoms with Gasteiger partial charge in [-0.25, -0.2) is 0 Å². The molecule has 0 aliphatic heterocycles. The molecule has 0 unspecified atom stereocenters. The highest BCUT2D eigenvalue weighted by molar-refractivity contribution is 7.27. The summed E-state index contributed by atoms with van der Waals surface area (Å²) in [5.41, 5.74) is 5.08. The molecule has 0 bridgehead atoms. The minimum Gasteiger partial charge on any atom is -0.453 e. The Labute approximate surface area is 217 Å². The Morgan fingerprint density at radius 2 is 1.05 bits per heavy atom. The predicted molar refractivity (Wildman–Crippen MR) is 159 cm³/mol. The number of fused-ring (bicyclic) bond motifs is 10. The van der Waals surface area contributed by atoms with Gasteiger partial charge in [0, 0.05) is 47.7 Å². The molecule has 0 atom stereocenters. The maximum Gasteiger partial charge on any atom is 0.159 e. The van der Waals surface area contributed by atoms with E-state index in [1.54, 1.807) is 0 Å². The van der Waals surface area contributed by atoms with E-state index >= 15 is 0 Å². The fraction of sp³-hybridized carbons (Fsp3) is 0. The molecule has 0 N–H and O–H groups in total. The van der Waals surface area contributed by atoms with Gasteiger partial charge >= 0.3 is 0 Å². The summed E-state index contributed by atoms with van der Waals surface area (Å²) in [6.45, 7) is 0. The Hall–Kier alpha value is -4.60. The molecule has 37 heavy (non-hydrogen) atoms. The highest BCUT2D eigenvalue weighted by atomic mass is 32.1. The molecule has 6 aromatic carbocycles. The van der Waals surface area contributed by atoms with Gasteiger partial charge < -0.3 is 9.32 Å².